The van der Waals surface area contributed by atoms with Crippen molar-refractivity contribution in [1.29, 1.82) is 0 Å². The summed E-state index contributed by atoms with van der Waals surface area (Å²) in [4.78, 5) is 15.8. The summed E-state index contributed by atoms with van der Waals surface area (Å²) in [5.41, 5.74) is 3.63. The van der Waals surface area contributed by atoms with Crippen molar-refractivity contribution in [2.45, 2.75) is 0 Å². The van der Waals surface area contributed by atoms with Crippen molar-refractivity contribution in [3.63, 3.8) is 0 Å². The van der Waals surface area contributed by atoms with E-state index < -0.39 is 0 Å². The minimum Gasteiger partial charge on any atom is -0.506 e. The molecular formula is C13H8BrI2N3O2. The first-order valence-electron chi connectivity index (χ1n) is 5.59. The summed E-state index contributed by atoms with van der Waals surface area (Å²) in [7, 11) is 0. The molecule has 1 heterocycles. The standard InChI is InChI=1S/C13H8BrI2N3O2/c14-9-3-8(5-17-6-9)13(21)19-18-4-7-1-10(15)12(20)11(16)2-7/h1-6,20H,(H,19,21)/b18-4-. The molecule has 0 aliphatic heterocycles. The van der Waals surface area contributed by atoms with Crippen molar-refractivity contribution < 1.29 is 9.90 Å². The molecule has 0 aliphatic rings. The zero-order chi connectivity index (χ0) is 15.4. The molecule has 0 saturated heterocycles. The number of benzene rings is 1. The van der Waals surface area contributed by atoms with Crippen LogP contribution >= 0.6 is 61.1 Å². The highest BCUT2D eigenvalue weighted by atomic mass is 127. The van der Waals surface area contributed by atoms with E-state index in [1.54, 1.807) is 24.4 Å². The Hall–Kier alpha value is -0.750. The lowest BCUT2D eigenvalue weighted by Gasteiger charge is -2.02. The van der Waals surface area contributed by atoms with E-state index in [0.717, 1.165) is 17.2 Å². The molecule has 1 amide bonds. The number of aromatic hydroxyl groups is 1. The Bertz CT molecular complexity index is 699. The fourth-order valence-electron chi connectivity index (χ4n) is 1.43. The first kappa shape index (κ1) is 16.6. The smallest absolute Gasteiger partial charge is 0.272 e. The van der Waals surface area contributed by atoms with Gasteiger partial charge in [-0.15, -0.1) is 0 Å². The molecule has 2 aromatic rings. The van der Waals surface area contributed by atoms with Crippen LogP contribution in [-0.2, 0) is 0 Å². The summed E-state index contributed by atoms with van der Waals surface area (Å²) in [6.07, 6.45) is 4.58. The van der Waals surface area contributed by atoms with Crippen molar-refractivity contribution in [3.8, 4) is 5.75 Å². The Morgan fingerprint density at radius 1 is 1.29 bits per heavy atom. The van der Waals surface area contributed by atoms with Crippen LogP contribution in [0.3, 0.4) is 0 Å². The van der Waals surface area contributed by atoms with E-state index in [0.29, 0.717) is 5.56 Å². The molecule has 0 atom stereocenters. The number of carbonyl (C=O) groups is 1. The number of rotatable bonds is 3. The van der Waals surface area contributed by atoms with E-state index in [9.17, 15) is 9.90 Å². The quantitative estimate of drug-likeness (QED) is 0.336. The maximum Gasteiger partial charge on any atom is 0.272 e. The lowest BCUT2D eigenvalue weighted by Crippen LogP contribution is -2.17. The third-order valence-corrected chi connectivity index (χ3v) is 4.46. The second kappa shape index (κ2) is 7.49. The maximum absolute atomic E-state index is 11.8. The Morgan fingerprint density at radius 2 is 1.95 bits per heavy atom. The van der Waals surface area contributed by atoms with Gasteiger partial charge in [-0.3, -0.25) is 9.78 Å². The molecule has 1 aromatic carbocycles. The van der Waals surface area contributed by atoms with Gasteiger partial charge in [0.15, 0.2) is 0 Å². The van der Waals surface area contributed by atoms with Crippen molar-refractivity contribution in [2.24, 2.45) is 5.10 Å². The van der Waals surface area contributed by atoms with Gasteiger partial charge in [0.05, 0.1) is 18.9 Å². The molecule has 5 nitrogen and oxygen atoms in total. The largest absolute Gasteiger partial charge is 0.506 e. The Labute approximate surface area is 156 Å². The lowest BCUT2D eigenvalue weighted by molar-refractivity contribution is 0.0954. The van der Waals surface area contributed by atoms with Crippen LogP contribution in [-0.4, -0.2) is 22.2 Å². The topological polar surface area (TPSA) is 74.6 Å². The van der Waals surface area contributed by atoms with Crippen LogP contribution in [0, 0.1) is 7.14 Å². The average Bonchev–Trinajstić information content (AvgIpc) is 2.44. The second-order valence-electron chi connectivity index (χ2n) is 3.92. The van der Waals surface area contributed by atoms with Crippen LogP contribution in [0.2, 0.25) is 0 Å². The molecule has 1 aromatic heterocycles. The molecule has 0 bridgehead atoms. The predicted molar refractivity (Wildman–Crippen MR) is 101 cm³/mol. The van der Waals surface area contributed by atoms with Crippen LogP contribution in [0.1, 0.15) is 15.9 Å². The summed E-state index contributed by atoms with van der Waals surface area (Å²) in [6, 6.07) is 5.20. The Kier molecular flexibility index (Phi) is 5.93. The van der Waals surface area contributed by atoms with Crippen LogP contribution < -0.4 is 5.43 Å². The molecule has 0 unspecified atom stereocenters. The SMILES string of the molecule is O=C(N/N=C\c1cc(I)c(O)c(I)c1)c1cncc(Br)c1. The molecule has 8 heteroatoms. The number of hydrazone groups is 1. The fourth-order valence-corrected chi connectivity index (χ4v) is 3.61. The average molecular weight is 572 g/mol. The molecule has 0 saturated carbocycles. The monoisotopic (exact) mass is 571 g/mol. The van der Waals surface area contributed by atoms with Crippen molar-refractivity contribution in [2.75, 3.05) is 0 Å². The van der Waals surface area contributed by atoms with E-state index in [1.165, 1.54) is 12.4 Å². The number of hydrogen-bond donors (Lipinski definition) is 2. The summed E-state index contributed by atoms with van der Waals surface area (Å²) in [6.45, 7) is 0. The molecule has 21 heavy (non-hydrogen) atoms. The van der Waals surface area contributed by atoms with Crippen molar-refractivity contribution in [3.05, 3.63) is 53.3 Å². The van der Waals surface area contributed by atoms with E-state index >= 15 is 0 Å². The summed E-state index contributed by atoms with van der Waals surface area (Å²) >= 11 is 7.32. The third-order valence-electron chi connectivity index (χ3n) is 2.39. The maximum atomic E-state index is 11.8. The number of nitrogens with one attached hydrogen (secondary N) is 1. The highest BCUT2D eigenvalue weighted by molar-refractivity contribution is 14.1. The fraction of sp³-hybridized carbons (Fsp3) is 0. The Morgan fingerprint density at radius 3 is 2.57 bits per heavy atom. The molecule has 0 spiro atoms. The zero-order valence-electron chi connectivity index (χ0n) is 10.3. The number of nitrogens with zero attached hydrogens (tertiary/aromatic N) is 2. The van der Waals surface area contributed by atoms with Gasteiger partial charge in [-0.2, -0.15) is 5.10 Å². The number of phenolic OH excluding ortho intramolecular Hbond substituents is 1. The summed E-state index contributed by atoms with van der Waals surface area (Å²) in [5, 5.41) is 13.6. The third kappa shape index (κ3) is 4.61. The molecular weight excluding hydrogens is 564 g/mol. The normalized spacial score (nSPS) is 10.8. The lowest BCUT2D eigenvalue weighted by atomic mass is 10.2. The van der Waals surface area contributed by atoms with Gasteiger partial charge in [0.1, 0.15) is 5.75 Å². The van der Waals surface area contributed by atoms with Crippen LogP contribution in [0.25, 0.3) is 0 Å². The van der Waals surface area contributed by atoms with Gasteiger partial charge in [0.2, 0.25) is 0 Å². The van der Waals surface area contributed by atoms with Gasteiger partial charge in [-0.1, -0.05) is 0 Å². The number of aromatic nitrogens is 1. The van der Waals surface area contributed by atoms with Crippen LogP contribution in [0.15, 0.2) is 40.2 Å². The van der Waals surface area contributed by atoms with Gasteiger partial charge < -0.3 is 5.11 Å². The first-order chi connectivity index (χ1) is 9.97. The highest BCUT2D eigenvalue weighted by Gasteiger charge is 2.06. The van der Waals surface area contributed by atoms with Crippen molar-refractivity contribution in [1.82, 2.24) is 10.4 Å². The number of phenols is 1. The number of carbonyl (C=O) groups excluding carboxylic acids is 1. The number of amides is 1. The number of pyridine rings is 1. The molecule has 0 radical (unpaired) electrons. The molecule has 0 aliphatic carbocycles. The predicted octanol–water partition coefficient (Wildman–Crippen LogP) is 3.52. The van der Waals surface area contributed by atoms with Crippen LogP contribution in [0.4, 0.5) is 0 Å². The first-order valence-corrected chi connectivity index (χ1v) is 8.54. The Balaban J connectivity index is 2.07. The van der Waals surface area contributed by atoms with E-state index in [4.69, 9.17) is 0 Å². The minimum atomic E-state index is -0.344. The summed E-state index contributed by atoms with van der Waals surface area (Å²) in [5.74, 6) is -0.0965. The van der Waals surface area contributed by atoms with Gasteiger partial charge in [0, 0.05) is 16.9 Å². The van der Waals surface area contributed by atoms with E-state index in [2.05, 4.69) is 31.4 Å². The van der Waals surface area contributed by atoms with Gasteiger partial charge in [-0.05, 0) is 84.9 Å². The van der Waals surface area contributed by atoms with Gasteiger partial charge in [-0.25, -0.2) is 5.43 Å². The van der Waals surface area contributed by atoms with Crippen molar-refractivity contribution >= 4 is 73.2 Å². The van der Waals surface area contributed by atoms with Gasteiger partial charge >= 0.3 is 0 Å². The minimum absolute atomic E-state index is 0.248. The summed E-state index contributed by atoms with van der Waals surface area (Å²) < 4.78 is 2.17. The van der Waals surface area contributed by atoms with E-state index in [1.807, 2.05) is 45.2 Å². The number of hydrogen-bond acceptors (Lipinski definition) is 4. The molecule has 0 fully saturated rings. The number of halogens is 3. The second-order valence-corrected chi connectivity index (χ2v) is 7.16. The van der Waals surface area contributed by atoms with E-state index in [-0.39, 0.29) is 11.7 Å². The molecule has 2 rings (SSSR count). The molecule has 108 valence electrons. The zero-order valence-corrected chi connectivity index (χ0v) is 16.2. The molecule has 2 N–H and O–H groups in total. The van der Waals surface area contributed by atoms with Gasteiger partial charge in [0.25, 0.3) is 5.91 Å². The highest BCUT2D eigenvalue weighted by Crippen LogP contribution is 2.26. The van der Waals surface area contributed by atoms with Crippen LogP contribution in [0.5, 0.6) is 5.75 Å².